The Bertz CT molecular complexity index is 845. The molecule has 0 saturated carbocycles. The standard InChI is InChI=1S/C20H28N6O/c1-13-9-14(2)26(24-13)15(3)10-19(27)25-8-4-5-18(25)20-22-12-16-11-21-7-6-17(16)23-20/h9,12,15,18,21H,4-8,10-11H2,1-3H3/t15-,18-/m0/s1. The third-order valence-electron chi connectivity index (χ3n) is 5.63. The van der Waals surface area contributed by atoms with Crippen LogP contribution in [0.1, 0.15) is 66.7 Å². The van der Waals surface area contributed by atoms with E-state index in [1.807, 2.05) is 29.6 Å². The minimum Gasteiger partial charge on any atom is -0.332 e. The number of aromatic nitrogens is 4. The number of rotatable bonds is 4. The van der Waals surface area contributed by atoms with Crippen molar-refractivity contribution in [1.29, 1.82) is 0 Å². The Labute approximate surface area is 160 Å². The van der Waals surface area contributed by atoms with Crippen molar-refractivity contribution in [1.82, 2.24) is 30.0 Å². The summed E-state index contributed by atoms with van der Waals surface area (Å²) >= 11 is 0. The number of amides is 1. The summed E-state index contributed by atoms with van der Waals surface area (Å²) in [4.78, 5) is 24.4. The molecule has 144 valence electrons. The molecule has 4 rings (SSSR count). The van der Waals surface area contributed by atoms with Crippen molar-refractivity contribution in [2.75, 3.05) is 13.1 Å². The second-order valence-corrected chi connectivity index (χ2v) is 7.80. The Morgan fingerprint density at radius 1 is 1.41 bits per heavy atom. The minimum atomic E-state index is 0.00494. The monoisotopic (exact) mass is 368 g/mol. The number of carbonyl (C=O) groups excluding carboxylic acids is 1. The summed E-state index contributed by atoms with van der Waals surface area (Å²) in [7, 11) is 0. The zero-order chi connectivity index (χ0) is 19.0. The molecule has 0 aliphatic carbocycles. The highest BCUT2D eigenvalue weighted by molar-refractivity contribution is 5.77. The average Bonchev–Trinajstić information content (AvgIpc) is 3.27. The smallest absolute Gasteiger partial charge is 0.225 e. The molecule has 4 heterocycles. The molecule has 0 unspecified atom stereocenters. The van der Waals surface area contributed by atoms with Gasteiger partial charge in [-0.2, -0.15) is 5.10 Å². The van der Waals surface area contributed by atoms with Crippen LogP contribution < -0.4 is 5.32 Å². The van der Waals surface area contributed by atoms with Crippen LogP contribution in [-0.4, -0.2) is 43.6 Å². The number of likely N-dealkylation sites (tertiary alicyclic amines) is 1. The zero-order valence-corrected chi connectivity index (χ0v) is 16.4. The van der Waals surface area contributed by atoms with Crippen LogP contribution in [0, 0.1) is 13.8 Å². The molecular weight excluding hydrogens is 340 g/mol. The van der Waals surface area contributed by atoms with Gasteiger partial charge in [-0.1, -0.05) is 0 Å². The van der Waals surface area contributed by atoms with Crippen LogP contribution >= 0.6 is 0 Å². The van der Waals surface area contributed by atoms with Crippen molar-refractivity contribution < 1.29 is 4.79 Å². The summed E-state index contributed by atoms with van der Waals surface area (Å²) in [6.07, 6.45) is 5.26. The fourth-order valence-electron chi connectivity index (χ4n) is 4.29. The van der Waals surface area contributed by atoms with E-state index in [0.717, 1.165) is 61.8 Å². The van der Waals surface area contributed by atoms with Gasteiger partial charge < -0.3 is 10.2 Å². The highest BCUT2D eigenvalue weighted by atomic mass is 16.2. The first-order valence-electron chi connectivity index (χ1n) is 9.90. The molecule has 0 aromatic carbocycles. The fourth-order valence-corrected chi connectivity index (χ4v) is 4.29. The average molecular weight is 368 g/mol. The van der Waals surface area contributed by atoms with E-state index in [1.54, 1.807) is 0 Å². The Kier molecular flexibility index (Phi) is 4.95. The topological polar surface area (TPSA) is 75.9 Å². The molecule has 7 nitrogen and oxygen atoms in total. The summed E-state index contributed by atoms with van der Waals surface area (Å²) in [6.45, 7) is 8.66. The Balaban J connectivity index is 1.49. The number of nitrogens with zero attached hydrogens (tertiary/aromatic N) is 5. The normalized spacial score (nSPS) is 20.6. The summed E-state index contributed by atoms with van der Waals surface area (Å²) < 4.78 is 1.96. The quantitative estimate of drug-likeness (QED) is 0.896. The number of nitrogens with one attached hydrogen (secondary N) is 1. The Morgan fingerprint density at radius 2 is 2.26 bits per heavy atom. The first-order chi connectivity index (χ1) is 13.0. The Morgan fingerprint density at radius 3 is 3.04 bits per heavy atom. The number of aryl methyl sites for hydroxylation is 2. The van der Waals surface area contributed by atoms with Gasteiger partial charge in [-0.25, -0.2) is 9.97 Å². The molecule has 1 fully saturated rings. The van der Waals surface area contributed by atoms with E-state index < -0.39 is 0 Å². The molecule has 1 amide bonds. The molecule has 2 aliphatic heterocycles. The van der Waals surface area contributed by atoms with Crippen molar-refractivity contribution >= 4 is 5.91 Å². The lowest BCUT2D eigenvalue weighted by molar-refractivity contribution is -0.133. The van der Waals surface area contributed by atoms with Gasteiger partial charge >= 0.3 is 0 Å². The maximum Gasteiger partial charge on any atom is 0.225 e. The summed E-state index contributed by atoms with van der Waals surface area (Å²) in [6, 6.07) is 2.10. The first kappa shape index (κ1) is 18.1. The lowest BCUT2D eigenvalue weighted by Gasteiger charge is -2.26. The van der Waals surface area contributed by atoms with Crippen LogP contribution in [0.15, 0.2) is 12.3 Å². The number of hydrogen-bond acceptors (Lipinski definition) is 5. The van der Waals surface area contributed by atoms with Crippen molar-refractivity contribution in [3.8, 4) is 0 Å². The highest BCUT2D eigenvalue weighted by Crippen LogP contribution is 2.32. The van der Waals surface area contributed by atoms with Gasteiger partial charge in [0.2, 0.25) is 5.91 Å². The molecule has 2 atom stereocenters. The van der Waals surface area contributed by atoms with Gasteiger partial charge in [0, 0.05) is 55.6 Å². The van der Waals surface area contributed by atoms with Crippen LogP contribution in [0.3, 0.4) is 0 Å². The summed E-state index contributed by atoms with van der Waals surface area (Å²) in [5.41, 5.74) is 4.40. The summed E-state index contributed by atoms with van der Waals surface area (Å²) in [5, 5.41) is 7.88. The molecule has 7 heteroatoms. The van der Waals surface area contributed by atoms with Crippen molar-refractivity contribution in [3.05, 3.63) is 40.7 Å². The van der Waals surface area contributed by atoms with Gasteiger partial charge in [-0.3, -0.25) is 9.48 Å². The van der Waals surface area contributed by atoms with E-state index in [2.05, 4.69) is 28.4 Å². The van der Waals surface area contributed by atoms with Crippen LogP contribution in [0.2, 0.25) is 0 Å². The molecule has 27 heavy (non-hydrogen) atoms. The van der Waals surface area contributed by atoms with Crippen LogP contribution in [0.5, 0.6) is 0 Å². The fraction of sp³-hybridized carbons (Fsp3) is 0.600. The number of carbonyl (C=O) groups is 1. The third kappa shape index (κ3) is 3.60. The van der Waals surface area contributed by atoms with Gasteiger partial charge in [0.1, 0.15) is 0 Å². The molecule has 1 saturated heterocycles. The number of fused-ring (bicyclic) bond motifs is 1. The van der Waals surface area contributed by atoms with E-state index in [0.29, 0.717) is 6.42 Å². The van der Waals surface area contributed by atoms with Crippen LogP contribution in [-0.2, 0) is 17.8 Å². The van der Waals surface area contributed by atoms with E-state index in [4.69, 9.17) is 4.98 Å². The van der Waals surface area contributed by atoms with Gasteiger partial charge in [0.25, 0.3) is 0 Å². The lowest BCUT2D eigenvalue weighted by atomic mass is 10.1. The zero-order valence-electron chi connectivity index (χ0n) is 16.4. The van der Waals surface area contributed by atoms with Gasteiger partial charge in [0.05, 0.1) is 17.8 Å². The maximum atomic E-state index is 13.0. The van der Waals surface area contributed by atoms with Crippen molar-refractivity contribution in [2.24, 2.45) is 0 Å². The van der Waals surface area contributed by atoms with E-state index in [1.165, 1.54) is 5.56 Å². The number of hydrogen-bond donors (Lipinski definition) is 1. The summed E-state index contributed by atoms with van der Waals surface area (Å²) in [5.74, 6) is 0.973. The molecule has 0 bridgehead atoms. The van der Waals surface area contributed by atoms with Crippen molar-refractivity contribution in [2.45, 2.75) is 65.1 Å². The minimum absolute atomic E-state index is 0.00494. The van der Waals surface area contributed by atoms with E-state index >= 15 is 0 Å². The Hall–Kier alpha value is -2.28. The molecule has 2 aliphatic rings. The molecule has 2 aromatic heterocycles. The van der Waals surface area contributed by atoms with Crippen LogP contribution in [0.4, 0.5) is 0 Å². The van der Waals surface area contributed by atoms with Gasteiger partial charge in [-0.15, -0.1) is 0 Å². The largest absolute Gasteiger partial charge is 0.332 e. The van der Waals surface area contributed by atoms with Gasteiger partial charge in [0.15, 0.2) is 5.82 Å². The highest BCUT2D eigenvalue weighted by Gasteiger charge is 2.33. The second-order valence-electron chi connectivity index (χ2n) is 7.80. The molecule has 2 aromatic rings. The van der Waals surface area contributed by atoms with Gasteiger partial charge in [-0.05, 0) is 39.7 Å². The molecule has 0 radical (unpaired) electrons. The van der Waals surface area contributed by atoms with Crippen LogP contribution in [0.25, 0.3) is 0 Å². The molecule has 0 spiro atoms. The predicted octanol–water partition coefficient (Wildman–Crippen LogP) is 2.25. The maximum absolute atomic E-state index is 13.0. The van der Waals surface area contributed by atoms with E-state index in [-0.39, 0.29) is 18.0 Å². The van der Waals surface area contributed by atoms with Crippen molar-refractivity contribution in [3.63, 3.8) is 0 Å². The van der Waals surface area contributed by atoms with E-state index in [9.17, 15) is 4.79 Å². The lowest BCUT2D eigenvalue weighted by Crippen LogP contribution is -2.33. The predicted molar refractivity (Wildman–Crippen MR) is 102 cm³/mol. The second kappa shape index (κ2) is 7.38. The SMILES string of the molecule is Cc1cc(C)n([C@@H](C)CC(=O)N2CCC[C@H]2c2ncc3c(n2)CCNC3)n1. The first-order valence-corrected chi connectivity index (χ1v) is 9.90. The molecule has 1 N–H and O–H groups in total. The third-order valence-corrected chi connectivity index (χ3v) is 5.63. The molecular formula is C20H28N6O.